The second-order valence-corrected chi connectivity index (χ2v) is 8.76. The van der Waals surface area contributed by atoms with Gasteiger partial charge in [-0.2, -0.15) is 8.78 Å². The van der Waals surface area contributed by atoms with E-state index in [-0.39, 0.29) is 23.2 Å². The number of rotatable bonds is 5. The summed E-state index contributed by atoms with van der Waals surface area (Å²) in [6, 6.07) is 8.69. The molecule has 0 saturated carbocycles. The van der Waals surface area contributed by atoms with E-state index >= 15 is 0 Å². The molecule has 1 fully saturated rings. The Morgan fingerprint density at radius 2 is 2.06 bits per heavy atom. The zero-order valence-electron chi connectivity index (χ0n) is 17.1. The smallest absolute Gasteiger partial charge is 0.387 e. The monoisotopic (exact) mass is 468 g/mol. The molecule has 1 atom stereocenters. The summed E-state index contributed by atoms with van der Waals surface area (Å²) in [6.07, 6.45) is 3.16. The molecular weight excluding hydrogens is 446 g/mol. The first-order valence-corrected chi connectivity index (χ1v) is 11.0. The summed E-state index contributed by atoms with van der Waals surface area (Å²) in [7, 11) is -4.05. The third-order valence-electron chi connectivity index (χ3n) is 4.80. The number of carboxylic acid groups (broad SMARTS) is 1. The van der Waals surface area contributed by atoms with Gasteiger partial charge in [0, 0.05) is 44.1 Å². The van der Waals surface area contributed by atoms with Gasteiger partial charge in [0.1, 0.15) is 11.3 Å². The molecule has 4 rings (SSSR count). The lowest BCUT2D eigenvalue weighted by Crippen LogP contribution is -2.49. The van der Waals surface area contributed by atoms with Crippen LogP contribution in [-0.4, -0.2) is 61.2 Å². The third kappa shape index (κ3) is 4.97. The number of ether oxygens (including phenoxy) is 1. The SMILES string of the molecule is C[C@@H]1CN(c2cn(S(=O)(=O)c3cccc(OC(F)F)c3)c3cccnc23)CCN1.O=CO. The second kappa shape index (κ2) is 9.92. The molecule has 0 spiro atoms. The Morgan fingerprint density at radius 1 is 1.31 bits per heavy atom. The number of aromatic nitrogens is 2. The molecule has 1 aliphatic rings. The van der Waals surface area contributed by atoms with Crippen LogP contribution in [-0.2, 0) is 14.8 Å². The van der Waals surface area contributed by atoms with Crippen molar-refractivity contribution in [2.24, 2.45) is 0 Å². The number of hydrogen-bond acceptors (Lipinski definition) is 7. The van der Waals surface area contributed by atoms with Gasteiger partial charge in [-0.25, -0.2) is 12.4 Å². The molecule has 1 aromatic carbocycles. The Bertz CT molecular complexity index is 1190. The average Bonchev–Trinajstić information content (AvgIpc) is 3.15. The van der Waals surface area contributed by atoms with E-state index in [0.29, 0.717) is 17.6 Å². The first-order valence-electron chi connectivity index (χ1n) is 9.60. The van der Waals surface area contributed by atoms with Crippen molar-refractivity contribution in [3.63, 3.8) is 0 Å². The molecule has 0 unspecified atom stereocenters. The summed E-state index contributed by atoms with van der Waals surface area (Å²) in [5.74, 6) is -0.216. The molecular formula is C20H22F2N4O5S. The van der Waals surface area contributed by atoms with Crippen molar-refractivity contribution in [1.82, 2.24) is 14.3 Å². The van der Waals surface area contributed by atoms with Crippen LogP contribution >= 0.6 is 0 Å². The first-order chi connectivity index (χ1) is 15.3. The highest BCUT2D eigenvalue weighted by atomic mass is 32.2. The largest absolute Gasteiger partial charge is 0.483 e. The van der Waals surface area contributed by atoms with Gasteiger partial charge in [0.15, 0.2) is 0 Å². The van der Waals surface area contributed by atoms with Crippen molar-refractivity contribution < 1.29 is 31.8 Å². The van der Waals surface area contributed by atoms with Crippen LogP contribution in [0.25, 0.3) is 11.0 Å². The van der Waals surface area contributed by atoms with Crippen molar-refractivity contribution in [1.29, 1.82) is 0 Å². The van der Waals surface area contributed by atoms with Crippen LogP contribution in [0.4, 0.5) is 14.5 Å². The molecule has 0 aliphatic carbocycles. The van der Waals surface area contributed by atoms with Crippen LogP contribution in [0.1, 0.15) is 6.92 Å². The predicted octanol–water partition coefficient (Wildman–Crippen LogP) is 2.37. The lowest BCUT2D eigenvalue weighted by molar-refractivity contribution is -0.122. The van der Waals surface area contributed by atoms with Crippen molar-refractivity contribution in [3.8, 4) is 5.75 Å². The van der Waals surface area contributed by atoms with E-state index in [9.17, 15) is 17.2 Å². The molecule has 172 valence electrons. The molecule has 0 bridgehead atoms. The number of piperazine rings is 1. The fraction of sp³-hybridized carbons (Fsp3) is 0.300. The lowest BCUT2D eigenvalue weighted by Gasteiger charge is -2.32. The fourth-order valence-electron chi connectivity index (χ4n) is 3.52. The number of benzene rings is 1. The average molecular weight is 468 g/mol. The Hall–Kier alpha value is -3.25. The zero-order valence-corrected chi connectivity index (χ0v) is 17.9. The summed E-state index contributed by atoms with van der Waals surface area (Å²) in [4.78, 5) is 14.7. The number of carbonyl (C=O) groups is 1. The lowest BCUT2D eigenvalue weighted by atomic mass is 10.2. The maximum Gasteiger partial charge on any atom is 0.387 e. The molecule has 2 N–H and O–H groups in total. The number of nitrogens with one attached hydrogen (secondary N) is 1. The van der Waals surface area contributed by atoms with E-state index in [1.165, 1.54) is 18.2 Å². The van der Waals surface area contributed by atoms with Crippen LogP contribution in [0.15, 0.2) is 53.7 Å². The summed E-state index contributed by atoms with van der Waals surface area (Å²) >= 11 is 0. The quantitative estimate of drug-likeness (QED) is 0.549. The molecule has 0 amide bonds. The van der Waals surface area contributed by atoms with Gasteiger partial charge in [-0.1, -0.05) is 6.07 Å². The molecule has 0 radical (unpaired) electrons. The van der Waals surface area contributed by atoms with Gasteiger partial charge in [0.2, 0.25) is 0 Å². The van der Waals surface area contributed by atoms with Crippen molar-refractivity contribution >= 4 is 33.2 Å². The minimum Gasteiger partial charge on any atom is -0.483 e. The van der Waals surface area contributed by atoms with Crippen LogP contribution in [0, 0.1) is 0 Å². The van der Waals surface area contributed by atoms with Gasteiger partial charge in [-0.05, 0) is 31.2 Å². The van der Waals surface area contributed by atoms with Gasteiger partial charge >= 0.3 is 6.61 Å². The van der Waals surface area contributed by atoms with Crippen LogP contribution in [0.5, 0.6) is 5.75 Å². The van der Waals surface area contributed by atoms with Gasteiger partial charge in [0.25, 0.3) is 16.5 Å². The first kappa shape index (κ1) is 23.4. The number of fused-ring (bicyclic) bond motifs is 1. The third-order valence-corrected chi connectivity index (χ3v) is 6.47. The van der Waals surface area contributed by atoms with E-state index in [0.717, 1.165) is 28.8 Å². The second-order valence-electron chi connectivity index (χ2n) is 6.95. The highest BCUT2D eigenvalue weighted by molar-refractivity contribution is 7.90. The van der Waals surface area contributed by atoms with Gasteiger partial charge in [-0.3, -0.25) is 9.78 Å². The number of alkyl halides is 2. The number of halogens is 2. The number of anilines is 1. The Labute approximate surface area is 183 Å². The number of nitrogens with zero attached hydrogens (tertiary/aromatic N) is 3. The van der Waals surface area contributed by atoms with Crippen molar-refractivity contribution in [2.45, 2.75) is 24.5 Å². The van der Waals surface area contributed by atoms with Crippen molar-refractivity contribution in [3.05, 3.63) is 48.8 Å². The van der Waals surface area contributed by atoms with Crippen LogP contribution in [0.3, 0.4) is 0 Å². The Kier molecular flexibility index (Phi) is 7.26. The summed E-state index contributed by atoms with van der Waals surface area (Å²) in [6.45, 7) is 0.987. The summed E-state index contributed by atoms with van der Waals surface area (Å²) in [5, 5.41) is 10.2. The number of pyridine rings is 1. The molecule has 1 aliphatic heterocycles. The van der Waals surface area contributed by atoms with E-state index in [2.05, 4.69) is 26.9 Å². The molecule has 3 aromatic rings. The maximum atomic E-state index is 13.3. The molecule has 12 heteroatoms. The van der Waals surface area contributed by atoms with E-state index in [1.807, 2.05) is 0 Å². The minimum atomic E-state index is -4.05. The predicted molar refractivity (Wildman–Crippen MR) is 114 cm³/mol. The molecule has 2 aromatic heterocycles. The van der Waals surface area contributed by atoms with Gasteiger partial charge < -0.3 is 20.1 Å². The Balaban J connectivity index is 0.000000913. The maximum absolute atomic E-state index is 13.3. The standard InChI is InChI=1S/C19H20F2N4O3S.CH2O2/c1-13-11-24(9-8-22-13)17-12-25(16-6-3-7-23-18(16)17)29(26,27)15-5-2-4-14(10-15)28-19(20)21;2-1-3/h2-7,10,12-13,19,22H,8-9,11H2,1H3;1H,(H,2,3)/t13-;/m1./s1. The molecule has 9 nitrogen and oxygen atoms in total. The molecule has 1 saturated heterocycles. The molecule has 3 heterocycles. The van der Waals surface area contributed by atoms with E-state index in [4.69, 9.17) is 9.90 Å². The topological polar surface area (TPSA) is 114 Å². The van der Waals surface area contributed by atoms with E-state index < -0.39 is 16.6 Å². The fourth-order valence-corrected chi connectivity index (χ4v) is 4.91. The Morgan fingerprint density at radius 3 is 2.75 bits per heavy atom. The summed E-state index contributed by atoms with van der Waals surface area (Å²) in [5.41, 5.74) is 1.72. The van der Waals surface area contributed by atoms with Crippen LogP contribution in [0.2, 0.25) is 0 Å². The zero-order chi connectivity index (χ0) is 23.3. The highest BCUT2D eigenvalue weighted by Gasteiger charge is 2.26. The number of hydrogen-bond donors (Lipinski definition) is 2. The van der Waals surface area contributed by atoms with Gasteiger partial charge in [0.05, 0.1) is 16.1 Å². The van der Waals surface area contributed by atoms with Gasteiger partial charge in [-0.15, -0.1) is 0 Å². The van der Waals surface area contributed by atoms with E-state index in [1.54, 1.807) is 24.5 Å². The van der Waals surface area contributed by atoms with Crippen molar-refractivity contribution in [2.75, 3.05) is 24.5 Å². The summed E-state index contributed by atoms with van der Waals surface area (Å²) < 4.78 is 57.2. The minimum absolute atomic E-state index is 0.142. The van der Waals surface area contributed by atoms with Crippen LogP contribution < -0.4 is 15.0 Å². The normalized spacial score (nSPS) is 16.5. The molecule has 32 heavy (non-hydrogen) atoms. The highest BCUT2D eigenvalue weighted by Crippen LogP contribution is 2.32.